The Balaban J connectivity index is 1.83. The van der Waals surface area contributed by atoms with Gasteiger partial charge in [0.1, 0.15) is 6.04 Å². The summed E-state index contributed by atoms with van der Waals surface area (Å²) in [6.07, 6.45) is 10.7. The Hall–Kier alpha value is -2.07. The molecule has 2 amide bonds. The molecule has 7 nitrogen and oxygen atoms in total. The van der Waals surface area contributed by atoms with E-state index < -0.39 is 12.0 Å². The monoisotopic (exact) mass is 419 g/mol. The predicted molar refractivity (Wildman–Crippen MR) is 115 cm³/mol. The topological polar surface area (TPSA) is 87.7 Å². The van der Waals surface area contributed by atoms with Crippen LogP contribution in [-0.2, 0) is 19.1 Å². The lowest BCUT2D eigenvalue weighted by Crippen LogP contribution is -2.49. The van der Waals surface area contributed by atoms with E-state index in [0.717, 1.165) is 38.8 Å². The number of carbonyl (C=O) groups is 3. The van der Waals surface area contributed by atoms with Crippen LogP contribution >= 0.6 is 0 Å². The molecule has 2 aliphatic heterocycles. The van der Waals surface area contributed by atoms with E-state index in [0.29, 0.717) is 38.5 Å². The number of rotatable bonds is 9. The van der Waals surface area contributed by atoms with Gasteiger partial charge in [0.25, 0.3) is 0 Å². The maximum atomic E-state index is 12.8. The summed E-state index contributed by atoms with van der Waals surface area (Å²) in [6, 6.07) is -0.841. The van der Waals surface area contributed by atoms with E-state index in [1.807, 2.05) is 18.7 Å². The number of amides is 2. The number of terminal acetylenes is 1. The van der Waals surface area contributed by atoms with Crippen molar-refractivity contribution < 1.29 is 19.1 Å². The third-order valence-corrected chi connectivity index (χ3v) is 5.85. The summed E-state index contributed by atoms with van der Waals surface area (Å²) in [5.74, 6) is 2.33. The first-order valence-electron chi connectivity index (χ1n) is 11.3. The number of ether oxygens (including phenoxy) is 1. The van der Waals surface area contributed by atoms with Crippen molar-refractivity contribution in [1.82, 2.24) is 15.5 Å². The highest BCUT2D eigenvalue weighted by atomic mass is 16.5. The molecule has 0 saturated carbocycles. The van der Waals surface area contributed by atoms with Crippen molar-refractivity contribution in [2.45, 2.75) is 64.8 Å². The van der Waals surface area contributed by atoms with Crippen molar-refractivity contribution in [2.75, 3.05) is 32.8 Å². The summed E-state index contributed by atoms with van der Waals surface area (Å²) in [5, 5.41) is 6.10. The molecular weight excluding hydrogens is 382 g/mol. The Labute approximate surface area is 180 Å². The number of likely N-dealkylation sites (tertiary alicyclic amines) is 1. The number of hydrogen-bond donors (Lipinski definition) is 2. The highest BCUT2D eigenvalue weighted by Gasteiger charge is 2.31. The molecule has 0 aromatic carbocycles. The molecule has 2 heterocycles. The second-order valence-electron chi connectivity index (χ2n) is 8.90. The number of piperidine rings is 2. The van der Waals surface area contributed by atoms with Crippen molar-refractivity contribution in [1.29, 1.82) is 0 Å². The summed E-state index contributed by atoms with van der Waals surface area (Å²) in [7, 11) is 0. The van der Waals surface area contributed by atoms with Crippen molar-refractivity contribution >= 4 is 17.8 Å². The van der Waals surface area contributed by atoms with Crippen LogP contribution in [0.1, 0.15) is 58.8 Å². The molecule has 2 atom stereocenters. The Morgan fingerprint density at radius 3 is 2.63 bits per heavy atom. The summed E-state index contributed by atoms with van der Waals surface area (Å²) in [5.41, 5.74) is 0. The van der Waals surface area contributed by atoms with Gasteiger partial charge < -0.3 is 20.3 Å². The van der Waals surface area contributed by atoms with Crippen molar-refractivity contribution in [3.05, 3.63) is 0 Å². The molecule has 2 saturated heterocycles. The van der Waals surface area contributed by atoms with Gasteiger partial charge in [0.2, 0.25) is 11.8 Å². The zero-order valence-corrected chi connectivity index (χ0v) is 18.5. The van der Waals surface area contributed by atoms with Crippen LogP contribution in [-0.4, -0.2) is 61.5 Å². The van der Waals surface area contributed by atoms with Gasteiger partial charge in [0, 0.05) is 25.9 Å². The Morgan fingerprint density at radius 2 is 1.97 bits per heavy atom. The fraction of sp³-hybridized carbons (Fsp3) is 0.783. The minimum Gasteiger partial charge on any atom is -0.464 e. The van der Waals surface area contributed by atoms with E-state index >= 15 is 0 Å². The first kappa shape index (κ1) is 24.2. The molecule has 2 rings (SSSR count). The van der Waals surface area contributed by atoms with E-state index in [-0.39, 0.29) is 30.1 Å². The highest BCUT2D eigenvalue weighted by Crippen LogP contribution is 2.21. The SMILES string of the molecule is C#CC[C@H](NC(=O)[C@@H]1CCCN(C(=O)CCC2CCNCC2)C1)C(=O)OCC(C)C. The van der Waals surface area contributed by atoms with Crippen LogP contribution in [0.25, 0.3) is 0 Å². The Morgan fingerprint density at radius 1 is 1.23 bits per heavy atom. The molecule has 2 fully saturated rings. The molecule has 2 N–H and O–H groups in total. The second kappa shape index (κ2) is 12.6. The Bertz CT molecular complexity index is 622. The molecule has 2 aliphatic rings. The van der Waals surface area contributed by atoms with Gasteiger partial charge in [-0.15, -0.1) is 12.3 Å². The molecule has 168 valence electrons. The van der Waals surface area contributed by atoms with Gasteiger partial charge in [-0.2, -0.15) is 0 Å². The van der Waals surface area contributed by atoms with Crippen molar-refractivity contribution in [3.8, 4) is 12.3 Å². The Kier molecular flexibility index (Phi) is 10.2. The van der Waals surface area contributed by atoms with E-state index in [1.54, 1.807) is 0 Å². The van der Waals surface area contributed by atoms with E-state index in [4.69, 9.17) is 11.2 Å². The average Bonchev–Trinajstić information content (AvgIpc) is 2.76. The third kappa shape index (κ3) is 7.98. The quantitative estimate of drug-likeness (QED) is 0.439. The van der Waals surface area contributed by atoms with E-state index in [1.165, 1.54) is 0 Å². The summed E-state index contributed by atoms with van der Waals surface area (Å²) in [4.78, 5) is 39.5. The lowest BCUT2D eigenvalue weighted by molar-refractivity contribution is -0.149. The fourth-order valence-electron chi connectivity index (χ4n) is 4.02. The second-order valence-corrected chi connectivity index (χ2v) is 8.90. The van der Waals surface area contributed by atoms with Gasteiger partial charge in [-0.05, 0) is 57.0 Å². The van der Waals surface area contributed by atoms with Crippen LogP contribution in [0.15, 0.2) is 0 Å². The maximum Gasteiger partial charge on any atom is 0.329 e. The summed E-state index contributed by atoms with van der Waals surface area (Å²) in [6.45, 7) is 7.34. The molecule has 7 heteroatoms. The zero-order valence-electron chi connectivity index (χ0n) is 18.5. The van der Waals surface area contributed by atoms with Gasteiger partial charge in [0.15, 0.2) is 0 Å². The van der Waals surface area contributed by atoms with E-state index in [2.05, 4.69) is 16.6 Å². The molecule has 0 unspecified atom stereocenters. The summed E-state index contributed by atoms with van der Waals surface area (Å²) >= 11 is 0. The van der Waals surface area contributed by atoms with Crippen LogP contribution < -0.4 is 10.6 Å². The molecule has 0 aromatic heterocycles. The minimum absolute atomic E-state index is 0.0915. The van der Waals surface area contributed by atoms with Crippen LogP contribution in [0, 0.1) is 30.1 Å². The molecule has 0 bridgehead atoms. The van der Waals surface area contributed by atoms with Gasteiger partial charge in [0.05, 0.1) is 12.5 Å². The highest BCUT2D eigenvalue weighted by molar-refractivity contribution is 5.86. The molecular formula is C23H37N3O4. The van der Waals surface area contributed by atoms with Crippen LogP contribution in [0.4, 0.5) is 0 Å². The van der Waals surface area contributed by atoms with Crippen LogP contribution in [0.5, 0.6) is 0 Å². The first-order valence-corrected chi connectivity index (χ1v) is 11.3. The molecule has 0 aliphatic carbocycles. The van der Waals surface area contributed by atoms with Gasteiger partial charge in [-0.1, -0.05) is 13.8 Å². The van der Waals surface area contributed by atoms with Crippen LogP contribution in [0.3, 0.4) is 0 Å². The number of nitrogens with zero attached hydrogens (tertiary/aromatic N) is 1. The molecule has 30 heavy (non-hydrogen) atoms. The maximum absolute atomic E-state index is 12.8. The molecule has 0 radical (unpaired) electrons. The van der Waals surface area contributed by atoms with E-state index in [9.17, 15) is 14.4 Å². The number of carbonyl (C=O) groups excluding carboxylic acids is 3. The average molecular weight is 420 g/mol. The molecule has 0 spiro atoms. The third-order valence-electron chi connectivity index (χ3n) is 5.85. The largest absolute Gasteiger partial charge is 0.464 e. The lowest BCUT2D eigenvalue weighted by Gasteiger charge is -2.33. The number of nitrogens with one attached hydrogen (secondary N) is 2. The van der Waals surface area contributed by atoms with Crippen molar-refractivity contribution in [2.24, 2.45) is 17.8 Å². The van der Waals surface area contributed by atoms with Gasteiger partial charge in [-0.3, -0.25) is 9.59 Å². The smallest absolute Gasteiger partial charge is 0.329 e. The van der Waals surface area contributed by atoms with Crippen molar-refractivity contribution in [3.63, 3.8) is 0 Å². The lowest BCUT2D eigenvalue weighted by atomic mass is 9.92. The first-order chi connectivity index (χ1) is 14.4. The summed E-state index contributed by atoms with van der Waals surface area (Å²) < 4.78 is 5.24. The number of esters is 1. The van der Waals surface area contributed by atoms with Gasteiger partial charge in [-0.25, -0.2) is 4.79 Å². The standard InChI is InChI=1S/C23H37N3O4/c1-4-6-20(23(29)30-16-17(2)3)25-22(28)19-7-5-14-26(15-19)21(27)9-8-18-10-12-24-13-11-18/h1,17-20,24H,5-16H2,2-3H3,(H,25,28)/t19-,20+/m1/s1. The zero-order chi connectivity index (χ0) is 21.9. The normalized spacial score (nSPS) is 21.0. The van der Waals surface area contributed by atoms with Crippen LogP contribution in [0.2, 0.25) is 0 Å². The van der Waals surface area contributed by atoms with Gasteiger partial charge >= 0.3 is 5.97 Å². The molecule has 0 aromatic rings. The predicted octanol–water partition coefficient (Wildman–Crippen LogP) is 1.71. The minimum atomic E-state index is -0.841. The fourth-order valence-corrected chi connectivity index (χ4v) is 4.02. The number of hydrogen-bond acceptors (Lipinski definition) is 5.